The number of nitrogens with zero attached hydrogens (tertiary/aromatic N) is 1. The number of hydrogen-bond donors (Lipinski definition) is 1. The number of amides is 2. The molecular weight excluding hydrogens is 357 g/mol. The molecule has 4 nitrogen and oxygen atoms in total. The third kappa shape index (κ3) is 3.56. The number of rotatable bonds is 4. The zero-order chi connectivity index (χ0) is 18.8. The average Bonchev–Trinajstić information content (AvgIpc) is 2.67. The fourth-order valence-electron chi connectivity index (χ4n) is 2.78. The summed E-state index contributed by atoms with van der Waals surface area (Å²) in [5, 5.41) is 2.65. The van der Waals surface area contributed by atoms with E-state index in [2.05, 4.69) is 5.32 Å². The maximum absolute atomic E-state index is 14.3. The van der Waals surface area contributed by atoms with Gasteiger partial charge in [0.1, 0.15) is 0 Å². The molecule has 0 unspecified atom stereocenters. The van der Waals surface area contributed by atoms with E-state index in [-0.39, 0.29) is 35.0 Å². The van der Waals surface area contributed by atoms with Crippen LogP contribution in [0.15, 0.2) is 30.0 Å². The minimum absolute atomic E-state index is 0.0363. The summed E-state index contributed by atoms with van der Waals surface area (Å²) in [5.41, 5.74) is -2.88. The molecule has 1 heterocycles. The van der Waals surface area contributed by atoms with E-state index in [0.717, 1.165) is 4.90 Å². The molecule has 0 fully saturated rings. The van der Waals surface area contributed by atoms with Gasteiger partial charge in [-0.05, 0) is 38.1 Å². The molecule has 1 atom stereocenters. The van der Waals surface area contributed by atoms with Gasteiger partial charge in [-0.25, -0.2) is 4.79 Å². The van der Waals surface area contributed by atoms with Crippen molar-refractivity contribution in [3.8, 4) is 0 Å². The van der Waals surface area contributed by atoms with Crippen LogP contribution in [-0.2, 0) is 10.3 Å². The minimum Gasteiger partial charge on any atom is -0.476 e. The van der Waals surface area contributed by atoms with E-state index >= 15 is 0 Å². The van der Waals surface area contributed by atoms with Gasteiger partial charge in [0.05, 0.1) is 18.0 Å². The molecule has 8 heteroatoms. The predicted octanol–water partition coefficient (Wildman–Crippen LogP) is 5.30. The highest BCUT2D eigenvalue weighted by Gasteiger charge is 2.62. The Hall–Kier alpha value is -1.89. The number of hydrogen-bond acceptors (Lipinski definition) is 2. The van der Waals surface area contributed by atoms with Crippen LogP contribution in [0.5, 0.6) is 0 Å². The van der Waals surface area contributed by atoms with E-state index in [1.165, 1.54) is 24.3 Å². The summed E-state index contributed by atoms with van der Waals surface area (Å²) in [6.45, 7) is 4.37. The second-order valence-corrected chi connectivity index (χ2v) is 6.11. The normalized spacial score (nSPS) is 21.5. The summed E-state index contributed by atoms with van der Waals surface area (Å²) < 4.78 is 48.4. The van der Waals surface area contributed by atoms with Crippen molar-refractivity contribution in [2.24, 2.45) is 0 Å². The minimum atomic E-state index is -4.77. The Morgan fingerprint density at radius 2 is 2.12 bits per heavy atom. The van der Waals surface area contributed by atoms with Crippen LogP contribution in [0.2, 0.25) is 5.02 Å². The van der Waals surface area contributed by atoms with Crippen molar-refractivity contribution in [3.63, 3.8) is 0 Å². The Morgan fingerprint density at radius 3 is 2.64 bits per heavy atom. The molecule has 1 aliphatic rings. The van der Waals surface area contributed by atoms with Crippen LogP contribution >= 0.6 is 11.6 Å². The third-order valence-electron chi connectivity index (χ3n) is 4.17. The Morgan fingerprint density at radius 1 is 1.44 bits per heavy atom. The third-order valence-corrected chi connectivity index (χ3v) is 4.41. The topological polar surface area (TPSA) is 41.6 Å². The lowest BCUT2D eigenvalue weighted by Gasteiger charge is -2.39. The first-order valence-corrected chi connectivity index (χ1v) is 8.33. The molecule has 0 bridgehead atoms. The van der Waals surface area contributed by atoms with Crippen LogP contribution in [0.1, 0.15) is 32.8 Å². The van der Waals surface area contributed by atoms with E-state index in [0.29, 0.717) is 0 Å². The van der Waals surface area contributed by atoms with Crippen LogP contribution in [0.25, 0.3) is 0 Å². The molecule has 25 heavy (non-hydrogen) atoms. The second kappa shape index (κ2) is 7.15. The van der Waals surface area contributed by atoms with Crippen molar-refractivity contribution in [2.75, 3.05) is 18.4 Å². The summed E-state index contributed by atoms with van der Waals surface area (Å²) in [7, 11) is 0. The summed E-state index contributed by atoms with van der Waals surface area (Å²) in [4.78, 5) is 13.4. The summed E-state index contributed by atoms with van der Waals surface area (Å²) in [6.07, 6.45) is -2.98. The maximum atomic E-state index is 14.3. The number of carbonyl (C=O) groups is 1. The Balaban J connectivity index is 2.76. The standard InChI is InChI=1S/C17H20ClF3N2O2/c1-4-12(5-2)25-16(17(19,20)21)10-23(6-3)15(24)22-14-8-7-11(18)9-13(14)16/h4,7-9H,5-6,10H2,1-3H3,(H,22,24)/t16-/m1/s1. The second-order valence-electron chi connectivity index (χ2n) is 5.67. The van der Waals surface area contributed by atoms with Gasteiger partial charge in [0.2, 0.25) is 5.60 Å². The molecule has 1 aromatic carbocycles. The smallest absolute Gasteiger partial charge is 0.434 e. The van der Waals surface area contributed by atoms with Gasteiger partial charge in [0, 0.05) is 23.6 Å². The lowest BCUT2D eigenvalue weighted by atomic mass is 9.90. The molecule has 0 aliphatic carbocycles. The zero-order valence-corrected chi connectivity index (χ0v) is 15.0. The van der Waals surface area contributed by atoms with E-state index < -0.39 is 24.4 Å². The number of urea groups is 1. The first-order chi connectivity index (χ1) is 11.7. The molecule has 0 saturated carbocycles. The molecule has 2 amide bonds. The lowest BCUT2D eigenvalue weighted by molar-refractivity contribution is -0.275. The highest BCUT2D eigenvalue weighted by molar-refractivity contribution is 6.30. The van der Waals surface area contributed by atoms with Gasteiger partial charge < -0.3 is 15.0 Å². The number of anilines is 1. The number of likely N-dealkylation sites (N-methyl/N-ethyl adjacent to an activating group) is 1. The molecular formula is C17H20ClF3N2O2. The number of allylic oxidation sites excluding steroid dienone is 2. The quantitative estimate of drug-likeness (QED) is 0.725. The lowest BCUT2D eigenvalue weighted by Crippen LogP contribution is -2.53. The van der Waals surface area contributed by atoms with Gasteiger partial charge in [-0.3, -0.25) is 0 Å². The van der Waals surface area contributed by atoms with Gasteiger partial charge in [0.25, 0.3) is 0 Å². The fraction of sp³-hybridized carbons (Fsp3) is 0.471. The van der Waals surface area contributed by atoms with Gasteiger partial charge in [-0.1, -0.05) is 18.5 Å². The number of benzene rings is 1. The number of fused-ring (bicyclic) bond motifs is 1. The van der Waals surface area contributed by atoms with Crippen LogP contribution < -0.4 is 5.32 Å². The van der Waals surface area contributed by atoms with Crippen molar-refractivity contribution in [1.29, 1.82) is 0 Å². The van der Waals surface area contributed by atoms with Gasteiger partial charge in [0.15, 0.2) is 0 Å². The Bertz CT molecular complexity index is 691. The number of halogens is 4. The first kappa shape index (κ1) is 19.4. The number of carbonyl (C=O) groups excluding carboxylic acids is 1. The van der Waals surface area contributed by atoms with Crippen molar-refractivity contribution in [2.45, 2.75) is 39.0 Å². The fourth-order valence-corrected chi connectivity index (χ4v) is 2.95. The van der Waals surface area contributed by atoms with E-state index in [9.17, 15) is 18.0 Å². The summed E-state index contributed by atoms with van der Waals surface area (Å²) in [5.74, 6) is 0.189. The highest BCUT2D eigenvalue weighted by Crippen LogP contribution is 2.49. The monoisotopic (exact) mass is 376 g/mol. The summed E-state index contributed by atoms with van der Waals surface area (Å²) >= 11 is 5.95. The summed E-state index contributed by atoms with van der Waals surface area (Å²) in [6, 6.07) is 3.38. The predicted molar refractivity (Wildman–Crippen MR) is 90.6 cm³/mol. The van der Waals surface area contributed by atoms with Gasteiger partial charge in [-0.2, -0.15) is 13.2 Å². The zero-order valence-electron chi connectivity index (χ0n) is 14.2. The molecule has 1 N–H and O–H groups in total. The van der Waals surface area contributed by atoms with Crippen molar-refractivity contribution in [3.05, 3.63) is 40.6 Å². The molecule has 0 aromatic heterocycles. The number of ether oxygens (including phenoxy) is 1. The molecule has 0 saturated heterocycles. The van der Waals surface area contributed by atoms with E-state index in [4.69, 9.17) is 16.3 Å². The van der Waals surface area contributed by atoms with E-state index in [1.807, 2.05) is 0 Å². The molecule has 1 aromatic rings. The van der Waals surface area contributed by atoms with Crippen molar-refractivity contribution >= 4 is 23.3 Å². The Labute approximate surface area is 149 Å². The largest absolute Gasteiger partial charge is 0.476 e. The van der Waals surface area contributed by atoms with Crippen LogP contribution in [0.3, 0.4) is 0 Å². The molecule has 2 rings (SSSR count). The van der Waals surface area contributed by atoms with Crippen molar-refractivity contribution < 1.29 is 22.7 Å². The van der Waals surface area contributed by atoms with Crippen LogP contribution in [0, 0.1) is 0 Å². The van der Waals surface area contributed by atoms with Gasteiger partial charge >= 0.3 is 12.2 Å². The molecule has 0 radical (unpaired) electrons. The SMILES string of the molecule is CC=C(CC)O[C@]1(C(F)(F)F)CN(CC)C(=O)Nc2ccc(Cl)cc21. The molecule has 1 aliphatic heterocycles. The van der Waals surface area contributed by atoms with E-state index in [1.54, 1.807) is 20.8 Å². The average molecular weight is 377 g/mol. The molecule has 0 spiro atoms. The Kier molecular flexibility index (Phi) is 5.56. The van der Waals surface area contributed by atoms with Crippen LogP contribution in [-0.4, -0.2) is 30.2 Å². The van der Waals surface area contributed by atoms with Crippen molar-refractivity contribution in [1.82, 2.24) is 4.90 Å². The van der Waals surface area contributed by atoms with Crippen LogP contribution in [0.4, 0.5) is 23.7 Å². The number of alkyl halides is 3. The number of nitrogens with one attached hydrogen (secondary N) is 1. The molecule has 138 valence electrons. The first-order valence-electron chi connectivity index (χ1n) is 7.95. The maximum Gasteiger partial charge on any atom is 0.434 e. The highest BCUT2D eigenvalue weighted by atomic mass is 35.5. The van der Waals surface area contributed by atoms with Gasteiger partial charge in [-0.15, -0.1) is 0 Å².